The molecule has 1 fully saturated rings. The van der Waals surface area contributed by atoms with Crippen LogP contribution in [0.15, 0.2) is 10.5 Å². The monoisotopic (exact) mass is 290 g/mol. The lowest BCUT2D eigenvalue weighted by molar-refractivity contribution is -0.157. The molecule has 1 aliphatic heterocycles. The molecule has 0 bridgehead atoms. The first kappa shape index (κ1) is 14.4. The first-order valence-electron chi connectivity index (χ1n) is 5.88. The molecule has 0 spiro atoms. The maximum atomic E-state index is 12.3. The van der Waals surface area contributed by atoms with Crippen LogP contribution in [-0.2, 0) is 4.79 Å². The second-order valence-corrected chi connectivity index (χ2v) is 4.68. The molecule has 0 unspecified atom stereocenters. The Morgan fingerprint density at radius 1 is 1.40 bits per heavy atom. The minimum atomic E-state index is -4.48. The van der Waals surface area contributed by atoms with Gasteiger partial charge in [-0.3, -0.25) is 9.59 Å². The van der Waals surface area contributed by atoms with Gasteiger partial charge in [-0.1, -0.05) is 0 Å². The second kappa shape index (κ2) is 4.84. The summed E-state index contributed by atoms with van der Waals surface area (Å²) in [7, 11) is 0. The number of amides is 2. The summed E-state index contributed by atoms with van der Waals surface area (Å²) in [5, 5.41) is 0. The molecule has 20 heavy (non-hydrogen) atoms. The van der Waals surface area contributed by atoms with Crippen molar-refractivity contribution >= 4 is 11.8 Å². The molecule has 0 atom stereocenters. The summed E-state index contributed by atoms with van der Waals surface area (Å²) in [5.41, 5.74) is 0.268. The molecule has 0 aromatic carbocycles. The average Bonchev–Trinajstić information content (AvgIpc) is 2.80. The van der Waals surface area contributed by atoms with Crippen molar-refractivity contribution in [3.05, 3.63) is 23.2 Å². The number of carbonyl (C=O) groups is 2. The minimum Gasteiger partial charge on any atom is -0.466 e. The van der Waals surface area contributed by atoms with Gasteiger partial charge in [0.2, 0.25) is 5.91 Å². The van der Waals surface area contributed by atoms with Crippen molar-refractivity contribution in [1.82, 2.24) is 9.80 Å². The van der Waals surface area contributed by atoms with Crippen LogP contribution in [0.25, 0.3) is 0 Å². The number of hydrogen-bond acceptors (Lipinski definition) is 3. The third kappa shape index (κ3) is 2.94. The van der Waals surface area contributed by atoms with Crippen LogP contribution < -0.4 is 0 Å². The molecule has 0 saturated carbocycles. The van der Waals surface area contributed by atoms with Gasteiger partial charge in [0.05, 0.1) is 12.2 Å². The van der Waals surface area contributed by atoms with Crippen molar-refractivity contribution in [3.63, 3.8) is 0 Å². The first-order chi connectivity index (χ1) is 9.17. The largest absolute Gasteiger partial charge is 0.466 e. The quantitative estimate of drug-likeness (QED) is 0.833. The highest BCUT2D eigenvalue weighted by Gasteiger charge is 2.39. The van der Waals surface area contributed by atoms with Crippen molar-refractivity contribution in [2.75, 3.05) is 19.8 Å². The summed E-state index contributed by atoms with van der Waals surface area (Å²) in [6.07, 6.45) is -4.48. The zero-order chi connectivity index (χ0) is 15.1. The van der Waals surface area contributed by atoms with Crippen LogP contribution in [0.3, 0.4) is 0 Å². The van der Waals surface area contributed by atoms with E-state index in [9.17, 15) is 22.8 Å². The number of halogens is 3. The van der Waals surface area contributed by atoms with E-state index in [1.165, 1.54) is 6.07 Å². The van der Waals surface area contributed by atoms with Crippen LogP contribution >= 0.6 is 0 Å². The second-order valence-electron chi connectivity index (χ2n) is 4.68. The van der Waals surface area contributed by atoms with E-state index < -0.39 is 24.5 Å². The van der Waals surface area contributed by atoms with Crippen molar-refractivity contribution in [2.24, 2.45) is 0 Å². The molecule has 0 aliphatic carbocycles. The standard InChI is InChI=1S/C12H13F3N2O3/c1-7-3-9(8(2)20-7)11(19)16-4-10(18)17(6-16)5-12(13,14)15/h3H,4-6H2,1-2H3. The maximum absolute atomic E-state index is 12.3. The molecule has 0 radical (unpaired) electrons. The first-order valence-corrected chi connectivity index (χ1v) is 5.88. The third-order valence-electron chi connectivity index (χ3n) is 2.95. The van der Waals surface area contributed by atoms with Gasteiger partial charge in [0.15, 0.2) is 0 Å². The van der Waals surface area contributed by atoms with Gasteiger partial charge in [-0.25, -0.2) is 0 Å². The van der Waals surface area contributed by atoms with Gasteiger partial charge in [0, 0.05) is 0 Å². The van der Waals surface area contributed by atoms with Gasteiger partial charge >= 0.3 is 6.18 Å². The number of carbonyl (C=O) groups excluding carboxylic acids is 2. The molecule has 1 saturated heterocycles. The van der Waals surface area contributed by atoms with Gasteiger partial charge in [-0.05, 0) is 19.9 Å². The fourth-order valence-corrected chi connectivity index (χ4v) is 2.10. The van der Waals surface area contributed by atoms with Crippen LogP contribution in [0.4, 0.5) is 13.2 Å². The molecule has 1 aromatic rings. The summed E-state index contributed by atoms with van der Waals surface area (Å²) < 4.78 is 42.1. The highest BCUT2D eigenvalue weighted by Crippen LogP contribution is 2.22. The zero-order valence-electron chi connectivity index (χ0n) is 11.0. The van der Waals surface area contributed by atoms with Gasteiger partial charge in [0.25, 0.3) is 5.91 Å². The highest BCUT2D eigenvalue weighted by atomic mass is 19.4. The fraction of sp³-hybridized carbons (Fsp3) is 0.500. The summed E-state index contributed by atoms with van der Waals surface area (Å²) >= 11 is 0. The summed E-state index contributed by atoms with van der Waals surface area (Å²) in [4.78, 5) is 25.3. The van der Waals surface area contributed by atoms with Gasteiger partial charge in [0.1, 0.15) is 24.6 Å². The SMILES string of the molecule is Cc1cc(C(=O)N2CC(=O)N(CC(F)(F)F)C2)c(C)o1. The van der Waals surface area contributed by atoms with Gasteiger partial charge < -0.3 is 14.2 Å². The van der Waals surface area contributed by atoms with E-state index in [1.54, 1.807) is 13.8 Å². The Bertz CT molecular complexity index is 551. The van der Waals surface area contributed by atoms with E-state index in [0.717, 1.165) is 4.90 Å². The van der Waals surface area contributed by atoms with E-state index in [1.807, 2.05) is 0 Å². The van der Waals surface area contributed by atoms with Crippen LogP contribution in [-0.4, -0.2) is 47.5 Å². The molecule has 5 nitrogen and oxygen atoms in total. The maximum Gasteiger partial charge on any atom is 0.406 e. The van der Waals surface area contributed by atoms with Gasteiger partial charge in [-0.2, -0.15) is 13.2 Å². The lowest BCUT2D eigenvalue weighted by Gasteiger charge is -2.19. The molecule has 1 aromatic heterocycles. The highest BCUT2D eigenvalue weighted by molar-refractivity contribution is 5.98. The summed E-state index contributed by atoms with van der Waals surface area (Å²) in [5.74, 6) is -0.302. The lowest BCUT2D eigenvalue weighted by Crippen LogP contribution is -2.37. The molecule has 2 amide bonds. The van der Waals surface area contributed by atoms with Crippen molar-refractivity contribution in [3.8, 4) is 0 Å². The number of rotatable bonds is 2. The van der Waals surface area contributed by atoms with Crippen LogP contribution in [0.1, 0.15) is 21.9 Å². The number of hydrogen-bond donors (Lipinski definition) is 0. The molecule has 2 rings (SSSR count). The number of nitrogens with zero attached hydrogens (tertiary/aromatic N) is 2. The van der Waals surface area contributed by atoms with Crippen LogP contribution in [0, 0.1) is 13.8 Å². The topological polar surface area (TPSA) is 53.8 Å². The Kier molecular flexibility index (Phi) is 3.49. The average molecular weight is 290 g/mol. The molecule has 110 valence electrons. The number of alkyl halides is 3. The predicted octanol–water partition coefficient (Wildman–Crippen LogP) is 1.70. The van der Waals surface area contributed by atoms with Crippen LogP contribution in [0.2, 0.25) is 0 Å². The van der Waals surface area contributed by atoms with E-state index in [-0.39, 0.29) is 18.8 Å². The Labute approximate surface area is 112 Å². The zero-order valence-corrected chi connectivity index (χ0v) is 11.0. The van der Waals surface area contributed by atoms with E-state index in [2.05, 4.69) is 0 Å². The molecule has 2 heterocycles. The smallest absolute Gasteiger partial charge is 0.406 e. The fourth-order valence-electron chi connectivity index (χ4n) is 2.10. The molecule has 1 aliphatic rings. The Morgan fingerprint density at radius 3 is 2.55 bits per heavy atom. The number of aryl methyl sites for hydroxylation is 2. The lowest BCUT2D eigenvalue weighted by atomic mass is 10.2. The van der Waals surface area contributed by atoms with Crippen molar-refractivity contribution in [2.45, 2.75) is 20.0 Å². The van der Waals surface area contributed by atoms with Gasteiger partial charge in [-0.15, -0.1) is 0 Å². The third-order valence-corrected chi connectivity index (χ3v) is 2.95. The van der Waals surface area contributed by atoms with Crippen molar-refractivity contribution in [1.29, 1.82) is 0 Å². The normalized spacial score (nSPS) is 16.1. The van der Waals surface area contributed by atoms with E-state index in [4.69, 9.17) is 4.42 Å². The molecular weight excluding hydrogens is 277 g/mol. The summed E-state index contributed by atoms with van der Waals surface area (Å²) in [6.45, 7) is 1.19. The minimum absolute atomic E-state index is 0.268. The van der Waals surface area contributed by atoms with Crippen LogP contribution in [0.5, 0.6) is 0 Å². The number of furan rings is 1. The molecular formula is C12H13F3N2O3. The molecule has 8 heteroatoms. The van der Waals surface area contributed by atoms with E-state index >= 15 is 0 Å². The Balaban J connectivity index is 2.10. The van der Waals surface area contributed by atoms with Crippen molar-refractivity contribution < 1.29 is 27.2 Å². The predicted molar refractivity (Wildman–Crippen MR) is 61.9 cm³/mol. The Hall–Kier alpha value is -1.99. The summed E-state index contributed by atoms with van der Waals surface area (Å²) in [6, 6.07) is 1.51. The Morgan fingerprint density at radius 2 is 2.05 bits per heavy atom. The molecule has 0 N–H and O–H groups in total. The van der Waals surface area contributed by atoms with E-state index in [0.29, 0.717) is 16.4 Å².